The highest BCUT2D eigenvalue weighted by atomic mass is 35.5. The molecule has 118 valence electrons. The summed E-state index contributed by atoms with van der Waals surface area (Å²) in [6.45, 7) is 0.0705. The SMILES string of the molecule is Cn1nnc2cc(C(=O)NCC(O)c3ccccc3Cl)ccc21. The van der Waals surface area contributed by atoms with Crippen molar-refractivity contribution in [2.75, 3.05) is 6.54 Å². The lowest BCUT2D eigenvalue weighted by Gasteiger charge is -2.13. The summed E-state index contributed by atoms with van der Waals surface area (Å²) in [7, 11) is 1.79. The number of carbonyl (C=O) groups excluding carboxylic acids is 1. The van der Waals surface area contributed by atoms with E-state index in [2.05, 4.69) is 15.6 Å². The van der Waals surface area contributed by atoms with Crippen LogP contribution in [0.1, 0.15) is 22.0 Å². The first-order valence-electron chi connectivity index (χ1n) is 7.06. The normalized spacial score (nSPS) is 12.3. The van der Waals surface area contributed by atoms with Gasteiger partial charge in [-0.2, -0.15) is 0 Å². The molecule has 1 aromatic heterocycles. The van der Waals surface area contributed by atoms with Gasteiger partial charge >= 0.3 is 0 Å². The Bertz CT molecular complexity index is 862. The molecule has 0 aliphatic rings. The average molecular weight is 331 g/mol. The third kappa shape index (κ3) is 3.18. The van der Waals surface area contributed by atoms with Crippen molar-refractivity contribution in [1.29, 1.82) is 0 Å². The van der Waals surface area contributed by atoms with Crippen molar-refractivity contribution in [3.05, 3.63) is 58.6 Å². The van der Waals surface area contributed by atoms with Crippen LogP contribution in [-0.2, 0) is 7.05 Å². The van der Waals surface area contributed by atoms with Crippen LogP contribution in [0.5, 0.6) is 0 Å². The summed E-state index contributed by atoms with van der Waals surface area (Å²) in [5, 5.41) is 21.2. The van der Waals surface area contributed by atoms with Crippen LogP contribution in [0.3, 0.4) is 0 Å². The van der Waals surface area contributed by atoms with Crippen molar-refractivity contribution in [3.8, 4) is 0 Å². The number of aromatic nitrogens is 3. The molecular formula is C16H15ClN4O2. The Balaban J connectivity index is 1.69. The van der Waals surface area contributed by atoms with Crippen molar-refractivity contribution < 1.29 is 9.90 Å². The van der Waals surface area contributed by atoms with Gasteiger partial charge in [0, 0.05) is 29.7 Å². The quantitative estimate of drug-likeness (QED) is 0.767. The molecule has 0 bridgehead atoms. The number of hydrogen-bond acceptors (Lipinski definition) is 4. The molecule has 23 heavy (non-hydrogen) atoms. The Hall–Kier alpha value is -2.44. The molecule has 1 amide bonds. The minimum Gasteiger partial charge on any atom is -0.387 e. The molecule has 1 heterocycles. The fraction of sp³-hybridized carbons (Fsp3) is 0.188. The monoisotopic (exact) mass is 330 g/mol. The molecule has 0 saturated heterocycles. The molecule has 0 radical (unpaired) electrons. The topological polar surface area (TPSA) is 80.0 Å². The molecule has 6 nitrogen and oxygen atoms in total. The lowest BCUT2D eigenvalue weighted by atomic mass is 10.1. The smallest absolute Gasteiger partial charge is 0.251 e. The summed E-state index contributed by atoms with van der Waals surface area (Å²) in [5.41, 5.74) is 2.53. The summed E-state index contributed by atoms with van der Waals surface area (Å²) in [6, 6.07) is 12.1. The van der Waals surface area contributed by atoms with Crippen LogP contribution in [0, 0.1) is 0 Å². The van der Waals surface area contributed by atoms with E-state index >= 15 is 0 Å². The van der Waals surface area contributed by atoms with E-state index < -0.39 is 6.10 Å². The third-order valence-electron chi connectivity index (χ3n) is 3.59. The molecule has 0 aliphatic heterocycles. The van der Waals surface area contributed by atoms with Crippen molar-refractivity contribution in [2.45, 2.75) is 6.10 Å². The van der Waals surface area contributed by atoms with Crippen LogP contribution in [0.2, 0.25) is 5.02 Å². The number of hydrogen-bond donors (Lipinski definition) is 2. The molecule has 1 unspecified atom stereocenters. The van der Waals surface area contributed by atoms with Gasteiger partial charge in [0.2, 0.25) is 0 Å². The van der Waals surface area contributed by atoms with Crippen molar-refractivity contribution in [1.82, 2.24) is 20.3 Å². The Morgan fingerprint density at radius 3 is 2.91 bits per heavy atom. The largest absolute Gasteiger partial charge is 0.387 e. The highest BCUT2D eigenvalue weighted by Crippen LogP contribution is 2.22. The van der Waals surface area contributed by atoms with Crippen molar-refractivity contribution >= 4 is 28.5 Å². The van der Waals surface area contributed by atoms with E-state index in [4.69, 9.17) is 11.6 Å². The molecule has 7 heteroatoms. The van der Waals surface area contributed by atoms with Crippen molar-refractivity contribution in [2.24, 2.45) is 7.05 Å². The minimum absolute atomic E-state index is 0.0705. The lowest BCUT2D eigenvalue weighted by molar-refractivity contribution is 0.0916. The number of aryl methyl sites for hydroxylation is 1. The number of benzene rings is 2. The maximum atomic E-state index is 12.2. The van der Waals surface area contributed by atoms with E-state index in [0.717, 1.165) is 5.52 Å². The van der Waals surface area contributed by atoms with E-state index in [1.54, 1.807) is 54.2 Å². The predicted molar refractivity (Wildman–Crippen MR) is 87.3 cm³/mol. The van der Waals surface area contributed by atoms with Gasteiger partial charge in [0.1, 0.15) is 5.52 Å². The molecule has 0 fully saturated rings. The first kappa shape index (κ1) is 15.5. The number of aliphatic hydroxyl groups is 1. The first-order chi connectivity index (χ1) is 11.1. The second-order valence-corrected chi connectivity index (χ2v) is 5.57. The predicted octanol–water partition coefficient (Wildman–Crippen LogP) is 2.09. The van der Waals surface area contributed by atoms with Gasteiger partial charge in [-0.3, -0.25) is 4.79 Å². The van der Waals surface area contributed by atoms with Crippen LogP contribution < -0.4 is 5.32 Å². The second kappa shape index (κ2) is 6.36. The fourth-order valence-corrected chi connectivity index (χ4v) is 2.59. The van der Waals surface area contributed by atoms with Gasteiger partial charge in [-0.05, 0) is 24.3 Å². The van der Waals surface area contributed by atoms with Crippen LogP contribution in [0.15, 0.2) is 42.5 Å². The summed E-state index contributed by atoms with van der Waals surface area (Å²) >= 11 is 6.03. The molecule has 0 aliphatic carbocycles. The Labute approximate surface area is 137 Å². The van der Waals surface area contributed by atoms with Gasteiger partial charge in [-0.25, -0.2) is 4.68 Å². The van der Waals surface area contributed by atoms with E-state index in [-0.39, 0.29) is 12.5 Å². The van der Waals surface area contributed by atoms with Gasteiger partial charge in [-0.1, -0.05) is 35.0 Å². The lowest BCUT2D eigenvalue weighted by Crippen LogP contribution is -2.28. The number of aliphatic hydroxyl groups excluding tert-OH is 1. The molecule has 0 saturated carbocycles. The molecule has 3 rings (SSSR count). The number of nitrogens with zero attached hydrogens (tertiary/aromatic N) is 3. The molecule has 2 aromatic carbocycles. The Morgan fingerprint density at radius 1 is 1.35 bits per heavy atom. The van der Waals surface area contributed by atoms with Crippen LogP contribution in [0.4, 0.5) is 0 Å². The van der Waals surface area contributed by atoms with Crippen LogP contribution >= 0.6 is 11.6 Å². The Kier molecular flexibility index (Phi) is 4.27. The first-order valence-corrected chi connectivity index (χ1v) is 7.44. The van der Waals surface area contributed by atoms with Gasteiger partial charge in [0.25, 0.3) is 5.91 Å². The average Bonchev–Trinajstić information content (AvgIpc) is 2.93. The van der Waals surface area contributed by atoms with Crippen LogP contribution in [0.25, 0.3) is 11.0 Å². The van der Waals surface area contributed by atoms with Gasteiger partial charge < -0.3 is 10.4 Å². The van der Waals surface area contributed by atoms with Gasteiger partial charge in [0.05, 0.1) is 11.6 Å². The molecule has 2 N–H and O–H groups in total. The van der Waals surface area contributed by atoms with E-state index in [0.29, 0.717) is 21.7 Å². The zero-order chi connectivity index (χ0) is 16.4. The maximum absolute atomic E-state index is 12.2. The maximum Gasteiger partial charge on any atom is 0.251 e. The Morgan fingerprint density at radius 2 is 2.13 bits per heavy atom. The standard InChI is InChI=1S/C16H15ClN4O2/c1-21-14-7-6-10(8-13(14)19-20-21)16(23)18-9-15(22)11-4-2-3-5-12(11)17/h2-8,15,22H,9H2,1H3,(H,18,23). The summed E-state index contributed by atoms with van der Waals surface area (Å²) in [5.74, 6) is -0.288. The van der Waals surface area contributed by atoms with Crippen molar-refractivity contribution in [3.63, 3.8) is 0 Å². The second-order valence-electron chi connectivity index (χ2n) is 5.16. The summed E-state index contributed by atoms with van der Waals surface area (Å²) in [4.78, 5) is 12.2. The minimum atomic E-state index is -0.868. The molecule has 3 aromatic rings. The number of carbonyl (C=O) groups is 1. The summed E-state index contributed by atoms with van der Waals surface area (Å²) in [6.07, 6.45) is -0.868. The number of rotatable bonds is 4. The van der Waals surface area contributed by atoms with Gasteiger partial charge in [0.15, 0.2) is 0 Å². The third-order valence-corrected chi connectivity index (χ3v) is 3.94. The highest BCUT2D eigenvalue weighted by molar-refractivity contribution is 6.31. The van der Waals surface area contributed by atoms with Gasteiger partial charge in [-0.15, -0.1) is 5.10 Å². The molecule has 0 spiro atoms. The molecule has 1 atom stereocenters. The molecular weight excluding hydrogens is 316 g/mol. The van der Waals surface area contributed by atoms with E-state index in [1.165, 1.54) is 0 Å². The summed E-state index contributed by atoms with van der Waals surface area (Å²) < 4.78 is 1.64. The van der Waals surface area contributed by atoms with E-state index in [1.807, 2.05) is 0 Å². The number of nitrogens with one attached hydrogen (secondary N) is 1. The fourth-order valence-electron chi connectivity index (χ4n) is 2.33. The number of amides is 1. The number of fused-ring (bicyclic) bond motifs is 1. The number of halogens is 1. The highest BCUT2D eigenvalue weighted by Gasteiger charge is 2.14. The van der Waals surface area contributed by atoms with E-state index in [9.17, 15) is 9.90 Å². The zero-order valence-electron chi connectivity index (χ0n) is 12.4. The zero-order valence-corrected chi connectivity index (χ0v) is 13.2. The van der Waals surface area contributed by atoms with Crippen LogP contribution in [-0.4, -0.2) is 32.6 Å².